The summed E-state index contributed by atoms with van der Waals surface area (Å²) >= 11 is 1.09. The second kappa shape index (κ2) is 12.6. The maximum atomic E-state index is 13.3. The molecule has 11 heteroatoms. The number of nitrogens with zero attached hydrogens (tertiary/aromatic N) is 1. The number of carbonyl (C=O) groups excluding carboxylic acids is 5. The second-order valence-corrected chi connectivity index (χ2v) is 11.2. The zero-order chi connectivity index (χ0) is 28.7. The highest BCUT2D eigenvalue weighted by Crippen LogP contribution is 2.28. The number of anilines is 1. The minimum Gasteiger partial charge on any atom is -0.444 e. The van der Waals surface area contributed by atoms with Gasteiger partial charge in [-0.25, -0.2) is 9.59 Å². The molecule has 3 N–H and O–H groups in total. The van der Waals surface area contributed by atoms with E-state index in [9.17, 15) is 24.0 Å². The van der Waals surface area contributed by atoms with E-state index in [0.29, 0.717) is 41.9 Å². The Balaban J connectivity index is 1.79. The van der Waals surface area contributed by atoms with E-state index in [1.165, 1.54) is 13.8 Å². The molecule has 206 valence electrons. The maximum Gasteiger partial charge on any atom is 0.410 e. The van der Waals surface area contributed by atoms with E-state index in [1.807, 2.05) is 0 Å². The molecule has 1 atom stereocenters. The highest BCUT2D eigenvalue weighted by Gasteiger charge is 2.29. The van der Waals surface area contributed by atoms with Crippen molar-refractivity contribution in [3.8, 4) is 11.8 Å². The van der Waals surface area contributed by atoms with Gasteiger partial charge in [0, 0.05) is 37.2 Å². The van der Waals surface area contributed by atoms with Crippen molar-refractivity contribution in [2.45, 2.75) is 59.1 Å². The molecule has 1 fully saturated rings. The molecule has 0 radical (unpaired) electrons. The van der Waals surface area contributed by atoms with E-state index >= 15 is 0 Å². The van der Waals surface area contributed by atoms with Gasteiger partial charge in [-0.05, 0) is 58.7 Å². The van der Waals surface area contributed by atoms with Gasteiger partial charge in [0.2, 0.25) is 5.91 Å². The zero-order valence-corrected chi connectivity index (χ0v) is 23.4. The van der Waals surface area contributed by atoms with E-state index in [4.69, 9.17) is 4.74 Å². The lowest BCUT2D eigenvalue weighted by atomic mass is 10.1. The molecule has 0 bridgehead atoms. The highest BCUT2D eigenvalue weighted by molar-refractivity contribution is 7.15. The van der Waals surface area contributed by atoms with Gasteiger partial charge in [-0.2, -0.15) is 0 Å². The summed E-state index contributed by atoms with van der Waals surface area (Å²) in [7, 11) is 0. The number of carbonyl (C=O) groups is 5. The van der Waals surface area contributed by atoms with Crippen LogP contribution in [0.15, 0.2) is 30.3 Å². The molecule has 3 rings (SSSR count). The summed E-state index contributed by atoms with van der Waals surface area (Å²) in [6.45, 7) is 8.90. The first-order valence-corrected chi connectivity index (χ1v) is 13.3. The van der Waals surface area contributed by atoms with Gasteiger partial charge < -0.3 is 20.3 Å². The minimum absolute atomic E-state index is 0.0462. The molecule has 2 heterocycles. The van der Waals surface area contributed by atoms with Crippen LogP contribution in [0.3, 0.4) is 0 Å². The summed E-state index contributed by atoms with van der Waals surface area (Å²) in [6, 6.07) is 7.29. The van der Waals surface area contributed by atoms with Crippen LogP contribution in [0.1, 0.15) is 77.9 Å². The first-order valence-electron chi connectivity index (χ1n) is 12.4. The number of amides is 5. The third-order valence-electron chi connectivity index (χ3n) is 5.51. The molecule has 0 unspecified atom stereocenters. The van der Waals surface area contributed by atoms with Crippen LogP contribution in [0.2, 0.25) is 0 Å². The summed E-state index contributed by atoms with van der Waals surface area (Å²) < 4.78 is 5.46. The Morgan fingerprint density at radius 3 is 2.36 bits per heavy atom. The SMILES string of the molecule is CC(=O)NC(=O)Nc1cc(C#Cc2ccc(C(C)=O)cc2)sc1C(=O)N[C@H]1CCCN(C(=O)OC(C)(C)C)C1. The van der Waals surface area contributed by atoms with Gasteiger partial charge in [0.15, 0.2) is 5.78 Å². The van der Waals surface area contributed by atoms with Crippen LogP contribution >= 0.6 is 11.3 Å². The minimum atomic E-state index is -0.776. The number of rotatable bonds is 4. The van der Waals surface area contributed by atoms with Gasteiger partial charge in [-0.3, -0.25) is 19.7 Å². The number of Topliss-reactive ketones (excluding diaryl/α,β-unsaturated/α-hetero) is 1. The fraction of sp³-hybridized carbons (Fsp3) is 0.393. The van der Waals surface area contributed by atoms with Crippen LogP contribution < -0.4 is 16.0 Å². The average Bonchev–Trinajstić information content (AvgIpc) is 3.24. The monoisotopic (exact) mass is 552 g/mol. The molecule has 1 saturated heterocycles. The number of likely N-dealkylation sites (tertiary alicyclic amines) is 1. The third-order valence-corrected chi connectivity index (χ3v) is 6.56. The predicted octanol–water partition coefficient (Wildman–Crippen LogP) is 4.15. The van der Waals surface area contributed by atoms with E-state index in [-0.39, 0.29) is 22.4 Å². The number of hydrogen-bond donors (Lipinski definition) is 3. The molecule has 0 spiro atoms. The Kier molecular flexibility index (Phi) is 9.48. The van der Waals surface area contributed by atoms with Gasteiger partial charge in [-0.1, -0.05) is 24.0 Å². The normalized spacial score (nSPS) is 14.9. The highest BCUT2D eigenvalue weighted by atomic mass is 32.1. The number of piperidine rings is 1. The third kappa shape index (κ3) is 8.97. The van der Waals surface area contributed by atoms with Crippen LogP contribution in [0, 0.1) is 11.8 Å². The summed E-state index contributed by atoms with van der Waals surface area (Å²) in [6.07, 6.45) is 0.932. The van der Waals surface area contributed by atoms with Crippen molar-refractivity contribution in [3.63, 3.8) is 0 Å². The maximum absolute atomic E-state index is 13.3. The lowest BCUT2D eigenvalue weighted by molar-refractivity contribution is -0.117. The standard InChI is InChI=1S/C28H32N4O6S/c1-17(33)20-11-8-19(9-12-20)10-13-22-15-23(31-26(36)29-18(2)34)24(39-22)25(35)30-21-7-6-14-32(16-21)27(37)38-28(3,4)5/h8-9,11-12,15,21H,6-7,14,16H2,1-5H3,(H,30,35)(H2,29,31,34,36)/t21-/m0/s1. The fourth-order valence-corrected chi connectivity index (χ4v) is 4.66. The largest absolute Gasteiger partial charge is 0.444 e. The van der Waals surface area contributed by atoms with Gasteiger partial charge >= 0.3 is 12.1 Å². The van der Waals surface area contributed by atoms with E-state index in [2.05, 4.69) is 27.8 Å². The van der Waals surface area contributed by atoms with Crippen molar-refractivity contribution < 1.29 is 28.7 Å². The summed E-state index contributed by atoms with van der Waals surface area (Å²) in [5, 5.41) is 7.60. The van der Waals surface area contributed by atoms with E-state index < -0.39 is 29.5 Å². The smallest absolute Gasteiger partial charge is 0.410 e. The first-order chi connectivity index (χ1) is 18.3. The Morgan fingerprint density at radius 2 is 1.74 bits per heavy atom. The molecule has 1 aliphatic rings. The number of hydrogen-bond acceptors (Lipinski definition) is 7. The zero-order valence-electron chi connectivity index (χ0n) is 22.6. The van der Waals surface area contributed by atoms with Crippen LogP contribution in [-0.4, -0.2) is 59.4 Å². The van der Waals surface area contributed by atoms with E-state index in [1.54, 1.807) is 56.0 Å². The Labute approximate surface area is 231 Å². The Hall–Kier alpha value is -4.17. The van der Waals surface area contributed by atoms with Gasteiger partial charge in [0.25, 0.3) is 5.91 Å². The van der Waals surface area contributed by atoms with Crippen LogP contribution in [0.4, 0.5) is 15.3 Å². The second-order valence-electron chi connectivity index (χ2n) is 10.1. The molecule has 39 heavy (non-hydrogen) atoms. The Morgan fingerprint density at radius 1 is 1.05 bits per heavy atom. The topological polar surface area (TPSA) is 134 Å². The number of thiophene rings is 1. The number of ether oxygens (including phenoxy) is 1. The van der Waals surface area contributed by atoms with Crippen LogP contribution in [-0.2, 0) is 9.53 Å². The first kappa shape index (κ1) is 29.4. The van der Waals surface area contributed by atoms with Crippen molar-refractivity contribution in [1.82, 2.24) is 15.5 Å². The quantitative estimate of drug-likeness (QED) is 0.386. The molecule has 1 aromatic carbocycles. The van der Waals surface area contributed by atoms with Crippen molar-refractivity contribution in [2.24, 2.45) is 0 Å². The van der Waals surface area contributed by atoms with Crippen molar-refractivity contribution in [1.29, 1.82) is 0 Å². The molecule has 0 saturated carbocycles. The summed E-state index contributed by atoms with van der Waals surface area (Å²) in [5.41, 5.74) is 0.824. The fourth-order valence-electron chi connectivity index (χ4n) is 3.79. The van der Waals surface area contributed by atoms with Crippen LogP contribution in [0.5, 0.6) is 0 Å². The summed E-state index contributed by atoms with van der Waals surface area (Å²) in [5.74, 6) is 4.94. The van der Waals surface area contributed by atoms with Crippen molar-refractivity contribution >= 4 is 46.7 Å². The molecular weight excluding hydrogens is 520 g/mol. The molecule has 0 aliphatic carbocycles. The lowest BCUT2D eigenvalue weighted by Crippen LogP contribution is -2.50. The predicted molar refractivity (Wildman–Crippen MR) is 148 cm³/mol. The van der Waals surface area contributed by atoms with Crippen molar-refractivity contribution in [3.05, 3.63) is 51.2 Å². The molecule has 1 aliphatic heterocycles. The van der Waals surface area contributed by atoms with Crippen LogP contribution in [0.25, 0.3) is 0 Å². The number of benzene rings is 1. The Bertz CT molecular complexity index is 1330. The number of nitrogens with one attached hydrogen (secondary N) is 3. The number of urea groups is 1. The average molecular weight is 553 g/mol. The molecule has 1 aromatic heterocycles. The number of imide groups is 1. The van der Waals surface area contributed by atoms with Gasteiger partial charge in [0.05, 0.1) is 10.6 Å². The van der Waals surface area contributed by atoms with Gasteiger partial charge in [0.1, 0.15) is 10.5 Å². The summed E-state index contributed by atoms with van der Waals surface area (Å²) in [4.78, 5) is 63.0. The molecule has 10 nitrogen and oxygen atoms in total. The van der Waals surface area contributed by atoms with Crippen molar-refractivity contribution in [2.75, 3.05) is 18.4 Å². The lowest BCUT2D eigenvalue weighted by Gasteiger charge is -2.34. The van der Waals surface area contributed by atoms with E-state index in [0.717, 1.165) is 11.3 Å². The number of ketones is 1. The van der Waals surface area contributed by atoms with Gasteiger partial charge in [-0.15, -0.1) is 11.3 Å². The molecular formula is C28H32N4O6S. The molecule has 2 aromatic rings. The molecule has 5 amide bonds.